The predicted molar refractivity (Wildman–Crippen MR) is 85.2 cm³/mol. The van der Waals surface area contributed by atoms with Crippen LogP contribution in [0.2, 0.25) is 0 Å². The summed E-state index contributed by atoms with van der Waals surface area (Å²) in [5, 5.41) is 19.3. The number of non-ortho nitro benzene ring substituents is 1. The van der Waals surface area contributed by atoms with Gasteiger partial charge in [-0.05, 0) is 35.4 Å². The number of rotatable bonds is 4. The number of carboxylic acid groups (broad SMARTS) is 1. The summed E-state index contributed by atoms with van der Waals surface area (Å²) >= 11 is 0. The van der Waals surface area contributed by atoms with Gasteiger partial charge in [0.05, 0.1) is 10.5 Å². The van der Waals surface area contributed by atoms with Crippen molar-refractivity contribution in [1.29, 1.82) is 0 Å². The number of nitrogens with zero attached hydrogens (tertiary/aromatic N) is 2. The summed E-state index contributed by atoms with van der Waals surface area (Å²) in [5.74, 6) is -0.981. The Morgan fingerprint density at radius 2 is 1.43 bits per heavy atom. The van der Waals surface area contributed by atoms with Gasteiger partial charge in [0.1, 0.15) is 0 Å². The van der Waals surface area contributed by atoms with E-state index < -0.39 is 10.9 Å². The number of benzene rings is 2. The van der Waals surface area contributed by atoms with Crippen LogP contribution in [0, 0.1) is 10.1 Å². The molecule has 0 saturated heterocycles. The first-order valence-corrected chi connectivity index (χ1v) is 6.55. The molecule has 0 atom stereocenters. The quantitative estimate of drug-likeness (QED) is 0.531. The van der Waals surface area contributed by atoms with E-state index in [4.69, 9.17) is 5.11 Å². The number of nitro groups is 1. The molecule has 120 valence electrons. The Labute approximate surface area is 132 Å². The largest absolute Gasteiger partial charge is 0.478 e. The number of carbonyl (C=O) groups excluding carboxylic acids is 1. The molecule has 0 bridgehead atoms. The van der Waals surface area contributed by atoms with E-state index in [-0.39, 0.29) is 11.3 Å². The molecule has 0 spiro atoms. The minimum atomic E-state index is -0.981. The van der Waals surface area contributed by atoms with Crippen LogP contribution >= 0.6 is 0 Å². The maximum atomic E-state index is 10.7. The van der Waals surface area contributed by atoms with E-state index >= 15 is 0 Å². The SMILES string of the molecule is CN(C)C=O.O=C(O)c1ccc(-c2ccc([N+](=O)[O-])cc2)cc1. The molecule has 0 fully saturated rings. The molecule has 2 aromatic carbocycles. The van der Waals surface area contributed by atoms with Gasteiger partial charge >= 0.3 is 5.97 Å². The second-order valence-corrected chi connectivity index (χ2v) is 4.76. The maximum Gasteiger partial charge on any atom is 0.335 e. The number of amides is 1. The lowest BCUT2D eigenvalue weighted by molar-refractivity contribution is -0.384. The number of hydrogen-bond acceptors (Lipinski definition) is 4. The van der Waals surface area contributed by atoms with Crippen LogP contribution in [0.5, 0.6) is 0 Å². The lowest BCUT2D eigenvalue weighted by Crippen LogP contribution is -2.06. The molecule has 2 aromatic rings. The number of hydrogen-bond donors (Lipinski definition) is 1. The van der Waals surface area contributed by atoms with Gasteiger partial charge in [0, 0.05) is 26.2 Å². The molecule has 1 amide bonds. The smallest absolute Gasteiger partial charge is 0.335 e. The molecule has 23 heavy (non-hydrogen) atoms. The third-order valence-electron chi connectivity index (χ3n) is 2.75. The van der Waals surface area contributed by atoms with Crippen LogP contribution in [0.1, 0.15) is 10.4 Å². The van der Waals surface area contributed by atoms with Gasteiger partial charge < -0.3 is 10.0 Å². The summed E-state index contributed by atoms with van der Waals surface area (Å²) in [5.41, 5.74) is 1.86. The molecule has 7 nitrogen and oxygen atoms in total. The summed E-state index contributed by atoms with van der Waals surface area (Å²) in [4.78, 5) is 31.6. The van der Waals surface area contributed by atoms with Crippen molar-refractivity contribution < 1.29 is 19.6 Å². The average molecular weight is 316 g/mol. The summed E-state index contributed by atoms with van der Waals surface area (Å²) in [6, 6.07) is 12.4. The first-order valence-electron chi connectivity index (χ1n) is 6.55. The van der Waals surface area contributed by atoms with Crippen molar-refractivity contribution in [3.05, 3.63) is 64.2 Å². The summed E-state index contributed by atoms with van der Waals surface area (Å²) in [6.45, 7) is 0. The molecular weight excluding hydrogens is 300 g/mol. The molecule has 0 aromatic heterocycles. The van der Waals surface area contributed by atoms with Crippen LogP contribution in [-0.2, 0) is 4.79 Å². The topological polar surface area (TPSA) is 101 Å². The van der Waals surface area contributed by atoms with E-state index in [1.165, 1.54) is 29.2 Å². The highest BCUT2D eigenvalue weighted by Crippen LogP contribution is 2.22. The Bertz CT molecular complexity index is 623. The molecule has 0 aliphatic carbocycles. The molecule has 0 radical (unpaired) electrons. The number of carbonyl (C=O) groups is 2. The van der Waals surface area contributed by atoms with Crippen molar-refractivity contribution in [1.82, 2.24) is 4.90 Å². The van der Waals surface area contributed by atoms with Crippen molar-refractivity contribution in [2.75, 3.05) is 14.1 Å². The fraction of sp³-hybridized carbons (Fsp3) is 0.125. The van der Waals surface area contributed by atoms with E-state index in [0.717, 1.165) is 17.5 Å². The zero-order chi connectivity index (χ0) is 17.4. The van der Waals surface area contributed by atoms with Gasteiger partial charge in [-0.15, -0.1) is 0 Å². The molecule has 0 saturated carbocycles. The fourth-order valence-corrected chi connectivity index (χ4v) is 1.58. The summed E-state index contributed by atoms with van der Waals surface area (Å²) in [7, 11) is 3.38. The van der Waals surface area contributed by atoms with E-state index in [1.54, 1.807) is 38.4 Å². The zero-order valence-electron chi connectivity index (χ0n) is 12.7. The third kappa shape index (κ3) is 5.58. The molecule has 0 unspecified atom stereocenters. The van der Waals surface area contributed by atoms with Crippen molar-refractivity contribution in [2.45, 2.75) is 0 Å². The Morgan fingerprint density at radius 3 is 1.74 bits per heavy atom. The van der Waals surface area contributed by atoms with Crippen molar-refractivity contribution >= 4 is 18.1 Å². The van der Waals surface area contributed by atoms with Gasteiger partial charge in [-0.2, -0.15) is 0 Å². The highest BCUT2D eigenvalue weighted by atomic mass is 16.6. The predicted octanol–water partition coefficient (Wildman–Crippen LogP) is 2.66. The van der Waals surface area contributed by atoms with Crippen molar-refractivity contribution in [3.63, 3.8) is 0 Å². The van der Waals surface area contributed by atoms with Crippen molar-refractivity contribution in [3.8, 4) is 11.1 Å². The van der Waals surface area contributed by atoms with Gasteiger partial charge in [0.15, 0.2) is 0 Å². The van der Waals surface area contributed by atoms with Crippen LogP contribution in [0.4, 0.5) is 5.69 Å². The third-order valence-corrected chi connectivity index (χ3v) is 2.75. The van der Waals surface area contributed by atoms with Crippen LogP contribution in [-0.4, -0.2) is 41.4 Å². The van der Waals surface area contributed by atoms with E-state index in [1.807, 2.05) is 0 Å². The Balaban J connectivity index is 0.000000463. The Hall–Kier alpha value is -3.22. The second kappa shape index (κ2) is 8.28. The molecular formula is C16H16N2O5. The van der Waals surface area contributed by atoms with E-state index in [2.05, 4.69) is 0 Å². The Morgan fingerprint density at radius 1 is 1.04 bits per heavy atom. The summed E-state index contributed by atoms with van der Waals surface area (Å²) in [6.07, 6.45) is 0.750. The minimum Gasteiger partial charge on any atom is -0.478 e. The molecule has 1 N–H and O–H groups in total. The zero-order valence-corrected chi connectivity index (χ0v) is 12.7. The molecule has 7 heteroatoms. The first kappa shape index (κ1) is 17.8. The molecule has 2 rings (SSSR count). The summed E-state index contributed by atoms with van der Waals surface area (Å²) < 4.78 is 0. The van der Waals surface area contributed by atoms with Gasteiger partial charge in [-0.3, -0.25) is 14.9 Å². The first-order chi connectivity index (χ1) is 10.8. The van der Waals surface area contributed by atoms with Crippen molar-refractivity contribution in [2.24, 2.45) is 0 Å². The van der Waals surface area contributed by atoms with Crippen LogP contribution in [0.15, 0.2) is 48.5 Å². The number of aromatic carboxylic acids is 1. The number of nitro benzene ring substituents is 1. The highest BCUT2D eigenvalue weighted by molar-refractivity contribution is 5.88. The fourth-order valence-electron chi connectivity index (χ4n) is 1.58. The van der Waals surface area contributed by atoms with Crippen LogP contribution < -0.4 is 0 Å². The monoisotopic (exact) mass is 316 g/mol. The van der Waals surface area contributed by atoms with Gasteiger partial charge in [-0.1, -0.05) is 12.1 Å². The number of carboxylic acids is 1. The van der Waals surface area contributed by atoms with Gasteiger partial charge in [-0.25, -0.2) is 4.79 Å². The standard InChI is InChI=1S/C13H9NO4.C3H7NO/c15-13(16)11-3-1-9(2-4-11)10-5-7-12(8-6-10)14(17)18;1-4(2)3-5/h1-8H,(H,15,16);3H,1-2H3. The second-order valence-electron chi connectivity index (χ2n) is 4.76. The van der Waals surface area contributed by atoms with E-state index in [0.29, 0.717) is 0 Å². The van der Waals surface area contributed by atoms with Gasteiger partial charge in [0.25, 0.3) is 5.69 Å². The Kier molecular flexibility index (Phi) is 6.42. The van der Waals surface area contributed by atoms with Crippen LogP contribution in [0.3, 0.4) is 0 Å². The lowest BCUT2D eigenvalue weighted by atomic mass is 10.0. The average Bonchev–Trinajstić information content (AvgIpc) is 2.55. The minimum absolute atomic E-state index is 0.0286. The highest BCUT2D eigenvalue weighted by Gasteiger charge is 2.06. The molecule has 0 aliphatic heterocycles. The van der Waals surface area contributed by atoms with Crippen LogP contribution in [0.25, 0.3) is 11.1 Å². The molecule has 0 heterocycles. The molecule has 0 aliphatic rings. The van der Waals surface area contributed by atoms with Gasteiger partial charge in [0.2, 0.25) is 6.41 Å². The normalized spacial score (nSPS) is 9.30. The lowest BCUT2D eigenvalue weighted by Gasteiger charge is -2.02. The van der Waals surface area contributed by atoms with E-state index in [9.17, 15) is 19.7 Å². The maximum absolute atomic E-state index is 10.7.